The number of hydrogen-bond donors (Lipinski definition) is 0. The van der Waals surface area contributed by atoms with Crippen LogP contribution >= 0.6 is 22.7 Å². The van der Waals surface area contributed by atoms with Crippen LogP contribution in [0.2, 0.25) is 0 Å². The number of anilines is 6. The van der Waals surface area contributed by atoms with Crippen LogP contribution in [-0.4, -0.2) is 6.71 Å². The molecule has 0 amide bonds. The van der Waals surface area contributed by atoms with Crippen LogP contribution in [0.5, 0.6) is 0 Å². The summed E-state index contributed by atoms with van der Waals surface area (Å²) >= 11 is 3.85. The first kappa shape index (κ1) is 44.1. The molecule has 5 heteroatoms. The van der Waals surface area contributed by atoms with Gasteiger partial charge in [-0.15, -0.1) is 22.7 Å². The topological polar surface area (TPSA) is 6.48 Å². The van der Waals surface area contributed by atoms with Gasteiger partial charge in [0.2, 0.25) is 0 Å². The molecular weight excluding hydrogens is 896 g/mol. The van der Waals surface area contributed by atoms with Gasteiger partial charge in [-0.1, -0.05) is 169 Å². The van der Waals surface area contributed by atoms with E-state index in [0.717, 1.165) is 38.5 Å². The van der Waals surface area contributed by atoms with Crippen LogP contribution in [0.15, 0.2) is 182 Å². The summed E-state index contributed by atoms with van der Waals surface area (Å²) in [6.07, 6.45) is 6.54. The fraction of sp³-hybridized carbons (Fsp3) is 0.182. The smallest absolute Gasteiger partial charge is 0.252 e. The fourth-order valence-electron chi connectivity index (χ4n) is 11.7. The lowest BCUT2D eigenvalue weighted by Gasteiger charge is -2.46. The van der Waals surface area contributed by atoms with Crippen molar-refractivity contribution >= 4 is 120 Å². The number of hydrogen-bond acceptors (Lipinski definition) is 4. The molecule has 2 nitrogen and oxygen atoms in total. The molecule has 0 radical (unpaired) electrons. The van der Waals surface area contributed by atoms with Crippen molar-refractivity contribution in [3.8, 4) is 22.3 Å². The Morgan fingerprint density at radius 1 is 0.394 bits per heavy atom. The summed E-state index contributed by atoms with van der Waals surface area (Å²) in [6.45, 7) is 11.8. The molecule has 2 aliphatic rings. The van der Waals surface area contributed by atoms with Crippen molar-refractivity contribution in [2.45, 2.75) is 78.6 Å². The highest BCUT2D eigenvalue weighted by atomic mass is 32.1. The van der Waals surface area contributed by atoms with E-state index < -0.39 is 0 Å². The Balaban J connectivity index is 1.17. The molecule has 11 aromatic rings. The average molecular weight is 953 g/mol. The molecule has 4 heterocycles. The number of rotatable bonds is 10. The summed E-state index contributed by atoms with van der Waals surface area (Å²) in [7, 11) is 0. The van der Waals surface area contributed by atoms with E-state index in [4.69, 9.17) is 0 Å². The number of nitrogens with zero attached hydrogens (tertiary/aromatic N) is 2. The highest BCUT2D eigenvalue weighted by Gasteiger charge is 2.45. The molecule has 71 heavy (non-hydrogen) atoms. The van der Waals surface area contributed by atoms with Gasteiger partial charge >= 0.3 is 0 Å². The SMILES string of the molecule is CCCCc1cc2c(cc1N1c3ccc(-c4ccccc4)cc3B3c4cc(-c5ccccc5)ccc4N(c4cc5sc6ccccc6c5cc4CCCC)c4cc(C(C)(C)C)cc1c43)sc1ccccc12. The Bertz CT molecular complexity index is 3620. The maximum absolute atomic E-state index is 2.71. The Labute approximate surface area is 426 Å². The van der Waals surface area contributed by atoms with Crippen LogP contribution in [0.25, 0.3) is 62.6 Å². The monoisotopic (exact) mass is 952 g/mol. The number of thiophene rings is 2. The molecule has 0 bridgehead atoms. The van der Waals surface area contributed by atoms with Gasteiger partial charge in [-0.2, -0.15) is 0 Å². The van der Waals surface area contributed by atoms with Gasteiger partial charge in [-0.25, -0.2) is 0 Å². The zero-order valence-corrected chi connectivity index (χ0v) is 43.0. The molecule has 13 rings (SSSR count). The van der Waals surface area contributed by atoms with E-state index in [0.29, 0.717) is 0 Å². The Morgan fingerprint density at radius 3 is 1.27 bits per heavy atom. The predicted molar refractivity (Wildman–Crippen MR) is 313 cm³/mol. The van der Waals surface area contributed by atoms with Gasteiger partial charge in [0.1, 0.15) is 0 Å². The minimum Gasteiger partial charge on any atom is -0.311 e. The summed E-state index contributed by atoms with van der Waals surface area (Å²) in [5.74, 6) is 0. The number of unbranched alkanes of at least 4 members (excludes halogenated alkanes) is 2. The van der Waals surface area contributed by atoms with E-state index in [-0.39, 0.29) is 12.1 Å². The van der Waals surface area contributed by atoms with Crippen LogP contribution in [0.3, 0.4) is 0 Å². The van der Waals surface area contributed by atoms with Crippen molar-refractivity contribution < 1.29 is 0 Å². The maximum Gasteiger partial charge on any atom is 0.252 e. The predicted octanol–water partition coefficient (Wildman–Crippen LogP) is 17.8. The summed E-state index contributed by atoms with van der Waals surface area (Å²) in [4.78, 5) is 5.42. The largest absolute Gasteiger partial charge is 0.311 e. The zero-order valence-electron chi connectivity index (χ0n) is 41.4. The number of benzene rings is 9. The zero-order chi connectivity index (χ0) is 48.0. The first-order valence-corrected chi connectivity index (χ1v) is 27.4. The molecule has 2 aliphatic heterocycles. The molecule has 346 valence electrons. The second-order valence-corrected chi connectivity index (χ2v) is 23.1. The highest BCUT2D eigenvalue weighted by molar-refractivity contribution is 7.26. The van der Waals surface area contributed by atoms with E-state index in [1.165, 1.54) is 130 Å². The summed E-state index contributed by atoms with van der Waals surface area (Å²) in [6, 6.07) is 70.1. The molecule has 0 fully saturated rings. The number of aryl methyl sites for hydroxylation is 2. The van der Waals surface area contributed by atoms with E-state index in [2.05, 4.69) is 226 Å². The molecular formula is C66H57BN2S2. The van der Waals surface area contributed by atoms with Crippen molar-refractivity contribution in [1.29, 1.82) is 0 Å². The fourth-order valence-corrected chi connectivity index (χ4v) is 14.0. The average Bonchev–Trinajstić information content (AvgIpc) is 3.96. The van der Waals surface area contributed by atoms with Crippen molar-refractivity contribution in [3.05, 3.63) is 199 Å². The Hall–Kier alpha value is -6.92. The highest BCUT2D eigenvalue weighted by Crippen LogP contribution is 2.51. The third kappa shape index (κ3) is 7.34. The van der Waals surface area contributed by atoms with Gasteiger partial charge in [0.05, 0.1) is 11.4 Å². The van der Waals surface area contributed by atoms with Crippen LogP contribution < -0.4 is 26.2 Å². The van der Waals surface area contributed by atoms with E-state index in [9.17, 15) is 0 Å². The van der Waals surface area contributed by atoms with Crippen LogP contribution in [0.4, 0.5) is 34.1 Å². The second kappa shape index (κ2) is 17.4. The third-order valence-electron chi connectivity index (χ3n) is 15.4. The lowest BCUT2D eigenvalue weighted by molar-refractivity contribution is 0.590. The van der Waals surface area contributed by atoms with Gasteiger partial charge < -0.3 is 9.80 Å². The summed E-state index contributed by atoms with van der Waals surface area (Å²) < 4.78 is 5.36. The minimum absolute atomic E-state index is 0.0295. The molecule has 0 spiro atoms. The van der Waals surface area contributed by atoms with Crippen molar-refractivity contribution in [2.24, 2.45) is 0 Å². The quantitative estimate of drug-likeness (QED) is 0.126. The number of fused-ring (bicyclic) bond motifs is 10. The molecule has 9 aromatic carbocycles. The first-order valence-electron chi connectivity index (χ1n) is 25.8. The van der Waals surface area contributed by atoms with Crippen LogP contribution in [0, 0.1) is 0 Å². The van der Waals surface area contributed by atoms with Gasteiger partial charge in [0.15, 0.2) is 0 Å². The Morgan fingerprint density at radius 2 is 0.831 bits per heavy atom. The van der Waals surface area contributed by atoms with E-state index in [1.54, 1.807) is 0 Å². The van der Waals surface area contributed by atoms with Gasteiger partial charge in [0, 0.05) is 63.1 Å². The van der Waals surface area contributed by atoms with Crippen LogP contribution in [-0.2, 0) is 18.3 Å². The molecule has 0 saturated carbocycles. The van der Waals surface area contributed by atoms with Gasteiger partial charge in [0.25, 0.3) is 6.71 Å². The first-order chi connectivity index (χ1) is 34.7. The molecule has 0 unspecified atom stereocenters. The summed E-state index contributed by atoms with van der Waals surface area (Å²) in [5, 5.41) is 5.44. The van der Waals surface area contributed by atoms with E-state index >= 15 is 0 Å². The van der Waals surface area contributed by atoms with Gasteiger partial charge in [-0.05, 0) is 147 Å². The molecule has 0 N–H and O–H groups in total. The van der Waals surface area contributed by atoms with Gasteiger partial charge in [-0.3, -0.25) is 0 Å². The maximum atomic E-state index is 2.71. The van der Waals surface area contributed by atoms with E-state index in [1.807, 2.05) is 22.7 Å². The third-order valence-corrected chi connectivity index (χ3v) is 17.7. The van der Waals surface area contributed by atoms with Crippen molar-refractivity contribution in [3.63, 3.8) is 0 Å². The lowest BCUT2D eigenvalue weighted by atomic mass is 9.33. The van der Waals surface area contributed by atoms with Crippen molar-refractivity contribution in [1.82, 2.24) is 0 Å². The summed E-state index contributed by atoms with van der Waals surface area (Å²) in [5.41, 5.74) is 20.7. The second-order valence-electron chi connectivity index (χ2n) is 20.9. The lowest BCUT2D eigenvalue weighted by Crippen LogP contribution is -2.61. The standard InChI is InChI=1S/C66H57BN2S2/c1-6-8-20-46-34-51-49-26-16-18-28-61(49)70-63(51)40-57(46)68-55-32-30-44(42-22-12-10-13-23-42)36-53(55)67-54-37-45(43-24-14-11-15-25-43)31-33-56(54)69(60-39-48(66(3,4)5)38-59(68)65(60)67)58-41-64-52(35-47(58)21-9-7-2)50-27-17-19-29-62(50)71-64/h10-19,22-41H,6-9,20-21H2,1-5H3. The minimum atomic E-state index is -0.131. The molecule has 0 atom stereocenters. The molecule has 0 saturated heterocycles. The van der Waals surface area contributed by atoms with Crippen molar-refractivity contribution in [2.75, 3.05) is 9.80 Å². The molecule has 2 aromatic heterocycles. The van der Waals surface area contributed by atoms with Crippen LogP contribution in [0.1, 0.15) is 77.0 Å². The Kier molecular flexibility index (Phi) is 10.8. The molecule has 0 aliphatic carbocycles. The normalized spacial score (nSPS) is 13.1.